The second-order valence-corrected chi connectivity index (χ2v) is 6.48. The third kappa shape index (κ3) is 4.14. The lowest BCUT2D eigenvalue weighted by Gasteiger charge is -2.25. The van der Waals surface area contributed by atoms with E-state index in [-0.39, 0.29) is 17.6 Å². The molecule has 7 nitrogen and oxygen atoms in total. The Morgan fingerprint density at radius 1 is 1.21 bits per heavy atom. The van der Waals surface area contributed by atoms with Crippen LogP contribution in [0.4, 0.5) is 5.69 Å². The number of amides is 1. The fourth-order valence-corrected chi connectivity index (χ4v) is 3.46. The zero-order chi connectivity index (χ0) is 20.1. The number of ether oxygens (including phenoxy) is 2. The van der Waals surface area contributed by atoms with Crippen LogP contribution in [0.3, 0.4) is 0 Å². The SMILES string of the molecule is COc1ccc(OC)c(C2CCCN2C(=O)/C=C/c2cccc([N+](=O)[O-])c2)c1. The maximum Gasteiger partial charge on any atom is 0.270 e. The van der Waals surface area contributed by atoms with Gasteiger partial charge in [0, 0.05) is 30.3 Å². The molecule has 2 aromatic rings. The van der Waals surface area contributed by atoms with Crippen molar-refractivity contribution in [2.45, 2.75) is 18.9 Å². The number of rotatable bonds is 6. The molecule has 0 aromatic heterocycles. The van der Waals surface area contributed by atoms with Gasteiger partial charge in [-0.1, -0.05) is 12.1 Å². The summed E-state index contributed by atoms with van der Waals surface area (Å²) >= 11 is 0. The van der Waals surface area contributed by atoms with Crippen molar-refractivity contribution in [1.82, 2.24) is 4.90 Å². The van der Waals surface area contributed by atoms with Crippen molar-refractivity contribution in [3.63, 3.8) is 0 Å². The molecule has 1 heterocycles. The molecular formula is C21H22N2O5. The normalized spacial score (nSPS) is 16.4. The first-order valence-electron chi connectivity index (χ1n) is 8.98. The minimum Gasteiger partial charge on any atom is -0.497 e. The molecule has 7 heteroatoms. The van der Waals surface area contributed by atoms with Crippen LogP contribution in [-0.2, 0) is 4.79 Å². The third-order valence-electron chi connectivity index (χ3n) is 4.83. The lowest BCUT2D eigenvalue weighted by atomic mass is 10.0. The predicted molar refractivity (Wildman–Crippen MR) is 105 cm³/mol. The standard InChI is InChI=1S/C21H22N2O5/c1-27-17-9-10-20(28-2)18(14-17)19-7-4-12-22(19)21(24)11-8-15-5-3-6-16(13-15)23(25)26/h3,5-6,8-11,13-14,19H,4,7,12H2,1-2H3/b11-8+. The van der Waals surface area contributed by atoms with Crippen molar-refractivity contribution in [3.05, 3.63) is 69.8 Å². The average molecular weight is 382 g/mol. The monoisotopic (exact) mass is 382 g/mol. The highest BCUT2D eigenvalue weighted by molar-refractivity contribution is 5.92. The number of non-ortho nitro benzene ring substituents is 1. The first kappa shape index (κ1) is 19.4. The van der Waals surface area contributed by atoms with Crippen LogP contribution >= 0.6 is 0 Å². The Balaban J connectivity index is 1.82. The molecule has 1 aliphatic rings. The van der Waals surface area contributed by atoms with E-state index in [2.05, 4.69) is 0 Å². The maximum absolute atomic E-state index is 12.8. The van der Waals surface area contributed by atoms with Gasteiger partial charge >= 0.3 is 0 Å². The predicted octanol–water partition coefficient (Wildman–Crippen LogP) is 3.99. The fraction of sp³-hybridized carbons (Fsp3) is 0.286. The molecule has 0 spiro atoms. The molecule has 1 unspecified atom stereocenters. The summed E-state index contributed by atoms with van der Waals surface area (Å²) in [5.41, 5.74) is 1.52. The molecule has 28 heavy (non-hydrogen) atoms. The topological polar surface area (TPSA) is 81.9 Å². The molecule has 0 bridgehead atoms. The molecule has 1 amide bonds. The lowest BCUT2D eigenvalue weighted by Crippen LogP contribution is -2.29. The first-order valence-corrected chi connectivity index (χ1v) is 8.98. The molecule has 2 aromatic carbocycles. The minimum absolute atomic E-state index is 0.00485. The van der Waals surface area contributed by atoms with E-state index in [0.29, 0.717) is 23.6 Å². The van der Waals surface area contributed by atoms with Crippen LogP contribution in [0, 0.1) is 10.1 Å². The summed E-state index contributed by atoms with van der Waals surface area (Å²) in [6.07, 6.45) is 4.79. The number of nitrogens with zero attached hydrogens (tertiary/aromatic N) is 2. The van der Waals surface area contributed by atoms with Gasteiger partial charge in [0.2, 0.25) is 5.91 Å². The van der Waals surface area contributed by atoms with Crippen molar-refractivity contribution in [3.8, 4) is 11.5 Å². The number of hydrogen-bond donors (Lipinski definition) is 0. The van der Waals surface area contributed by atoms with E-state index < -0.39 is 4.92 Å². The molecule has 3 rings (SSSR count). The number of methoxy groups -OCH3 is 2. The molecule has 0 radical (unpaired) electrons. The lowest BCUT2D eigenvalue weighted by molar-refractivity contribution is -0.384. The second kappa shape index (κ2) is 8.56. The van der Waals surface area contributed by atoms with Gasteiger partial charge in [0.05, 0.1) is 25.2 Å². The molecule has 1 aliphatic heterocycles. The third-order valence-corrected chi connectivity index (χ3v) is 4.83. The molecule has 1 atom stereocenters. The summed E-state index contributed by atoms with van der Waals surface area (Å²) in [7, 11) is 3.21. The Bertz CT molecular complexity index is 909. The minimum atomic E-state index is -0.454. The van der Waals surface area contributed by atoms with E-state index in [1.165, 1.54) is 18.2 Å². The summed E-state index contributed by atoms with van der Waals surface area (Å²) in [4.78, 5) is 25.0. The average Bonchev–Trinajstić information content (AvgIpc) is 3.21. The van der Waals surface area contributed by atoms with Crippen LogP contribution in [0.2, 0.25) is 0 Å². The number of benzene rings is 2. The first-order chi connectivity index (χ1) is 13.5. The summed E-state index contributed by atoms with van der Waals surface area (Å²) in [5.74, 6) is 1.29. The number of hydrogen-bond acceptors (Lipinski definition) is 5. The van der Waals surface area contributed by atoms with Gasteiger partial charge in [-0.15, -0.1) is 0 Å². The van der Waals surface area contributed by atoms with Crippen LogP contribution in [0.5, 0.6) is 11.5 Å². The molecule has 0 aliphatic carbocycles. The Kier molecular flexibility index (Phi) is 5.93. The Morgan fingerprint density at radius 2 is 2.04 bits per heavy atom. The van der Waals surface area contributed by atoms with Gasteiger partial charge < -0.3 is 14.4 Å². The van der Waals surface area contributed by atoms with Gasteiger partial charge in [-0.2, -0.15) is 0 Å². The number of carbonyl (C=O) groups excluding carboxylic acids is 1. The highest BCUT2D eigenvalue weighted by Crippen LogP contribution is 2.39. The van der Waals surface area contributed by atoms with E-state index >= 15 is 0 Å². The van der Waals surface area contributed by atoms with Gasteiger partial charge in [-0.25, -0.2) is 0 Å². The number of carbonyl (C=O) groups is 1. The quantitative estimate of drug-likeness (QED) is 0.429. The largest absolute Gasteiger partial charge is 0.497 e. The molecule has 0 saturated carbocycles. The van der Waals surface area contributed by atoms with E-state index in [9.17, 15) is 14.9 Å². The van der Waals surface area contributed by atoms with E-state index in [1.807, 2.05) is 18.2 Å². The maximum atomic E-state index is 12.8. The van der Waals surface area contributed by atoms with Gasteiger partial charge in [0.15, 0.2) is 0 Å². The molecular weight excluding hydrogens is 360 g/mol. The molecule has 0 N–H and O–H groups in total. The summed E-state index contributed by atoms with van der Waals surface area (Å²) in [6.45, 7) is 0.642. The molecule has 1 fully saturated rings. The van der Waals surface area contributed by atoms with Crippen molar-refractivity contribution < 1.29 is 19.2 Å². The second-order valence-electron chi connectivity index (χ2n) is 6.48. The number of nitro benzene ring substituents is 1. The van der Waals surface area contributed by atoms with Crippen LogP contribution in [0.25, 0.3) is 6.08 Å². The van der Waals surface area contributed by atoms with Crippen molar-refractivity contribution in [2.24, 2.45) is 0 Å². The summed E-state index contributed by atoms with van der Waals surface area (Å²) in [6, 6.07) is 11.7. The highest BCUT2D eigenvalue weighted by atomic mass is 16.6. The Labute approximate surface area is 163 Å². The smallest absolute Gasteiger partial charge is 0.270 e. The van der Waals surface area contributed by atoms with Crippen molar-refractivity contribution in [1.29, 1.82) is 0 Å². The zero-order valence-corrected chi connectivity index (χ0v) is 15.8. The number of nitro groups is 1. The summed E-state index contributed by atoms with van der Waals surface area (Å²) in [5, 5.41) is 10.9. The van der Waals surface area contributed by atoms with Gasteiger partial charge in [-0.05, 0) is 42.7 Å². The van der Waals surface area contributed by atoms with Crippen LogP contribution in [0.15, 0.2) is 48.5 Å². The van der Waals surface area contributed by atoms with Crippen molar-refractivity contribution >= 4 is 17.7 Å². The summed E-state index contributed by atoms with van der Waals surface area (Å²) < 4.78 is 10.8. The van der Waals surface area contributed by atoms with E-state index in [0.717, 1.165) is 18.4 Å². The van der Waals surface area contributed by atoms with Crippen LogP contribution in [0.1, 0.15) is 30.0 Å². The highest BCUT2D eigenvalue weighted by Gasteiger charge is 2.31. The Hall–Kier alpha value is -3.35. The van der Waals surface area contributed by atoms with Gasteiger partial charge in [0.1, 0.15) is 11.5 Å². The Morgan fingerprint density at radius 3 is 2.75 bits per heavy atom. The fourth-order valence-electron chi connectivity index (χ4n) is 3.46. The molecule has 146 valence electrons. The number of likely N-dealkylation sites (tertiary alicyclic amines) is 1. The van der Waals surface area contributed by atoms with Crippen LogP contribution in [-0.4, -0.2) is 36.5 Å². The van der Waals surface area contributed by atoms with E-state index in [1.54, 1.807) is 37.3 Å². The zero-order valence-electron chi connectivity index (χ0n) is 15.8. The van der Waals surface area contributed by atoms with Crippen LogP contribution < -0.4 is 9.47 Å². The molecule has 1 saturated heterocycles. The van der Waals surface area contributed by atoms with Gasteiger partial charge in [-0.3, -0.25) is 14.9 Å². The van der Waals surface area contributed by atoms with E-state index in [4.69, 9.17) is 9.47 Å². The van der Waals surface area contributed by atoms with Crippen molar-refractivity contribution in [2.75, 3.05) is 20.8 Å². The van der Waals surface area contributed by atoms with Gasteiger partial charge in [0.25, 0.3) is 5.69 Å².